The predicted molar refractivity (Wildman–Crippen MR) is 57.3 cm³/mol. The Morgan fingerprint density at radius 2 is 1.62 bits per heavy atom. The van der Waals surface area contributed by atoms with Gasteiger partial charge in [0, 0.05) is 6.61 Å². The topological polar surface area (TPSA) is 72.3 Å². The number of nitrogen functional groups attached to an aromatic ring is 2. The Bertz CT molecular complexity index is 203. The lowest BCUT2D eigenvalue weighted by molar-refractivity contribution is 0.287. The molecule has 0 aliphatic carbocycles. The second kappa shape index (κ2) is 7.43. The standard InChI is InChI=1S/C6H8N2.C4H10O/c7-5-3-1-2-4-6(5)8;1-2-3-4-5/h1-4H,7-8H2;5H,2-4H2,1H3. The van der Waals surface area contributed by atoms with Gasteiger partial charge in [0.2, 0.25) is 0 Å². The van der Waals surface area contributed by atoms with E-state index in [1.165, 1.54) is 0 Å². The molecule has 74 valence electrons. The third-order valence-corrected chi connectivity index (χ3v) is 1.51. The van der Waals surface area contributed by atoms with Gasteiger partial charge in [-0.05, 0) is 18.6 Å². The van der Waals surface area contributed by atoms with Gasteiger partial charge in [0.25, 0.3) is 0 Å². The minimum absolute atomic E-state index is 0.344. The van der Waals surface area contributed by atoms with E-state index in [2.05, 4.69) is 6.92 Å². The van der Waals surface area contributed by atoms with Crippen molar-refractivity contribution in [2.24, 2.45) is 0 Å². The lowest BCUT2D eigenvalue weighted by Gasteiger charge is -1.94. The van der Waals surface area contributed by atoms with Crippen LogP contribution in [0.15, 0.2) is 24.3 Å². The third kappa shape index (κ3) is 5.99. The first-order valence-corrected chi connectivity index (χ1v) is 4.43. The van der Waals surface area contributed by atoms with E-state index >= 15 is 0 Å². The second-order valence-corrected chi connectivity index (χ2v) is 2.71. The van der Waals surface area contributed by atoms with Gasteiger partial charge in [0.1, 0.15) is 0 Å². The van der Waals surface area contributed by atoms with Crippen molar-refractivity contribution in [3.8, 4) is 0 Å². The molecule has 0 heterocycles. The van der Waals surface area contributed by atoms with Crippen molar-refractivity contribution in [1.29, 1.82) is 0 Å². The Labute approximate surface area is 79.4 Å². The van der Waals surface area contributed by atoms with E-state index < -0.39 is 0 Å². The van der Waals surface area contributed by atoms with Gasteiger partial charge in [0.15, 0.2) is 0 Å². The van der Waals surface area contributed by atoms with Crippen LogP contribution in [0.2, 0.25) is 0 Å². The highest BCUT2D eigenvalue weighted by atomic mass is 16.2. The fraction of sp³-hybridized carbons (Fsp3) is 0.400. The molecule has 13 heavy (non-hydrogen) atoms. The molecule has 0 aliphatic rings. The molecule has 3 nitrogen and oxygen atoms in total. The summed E-state index contributed by atoms with van der Waals surface area (Å²) in [5.74, 6) is 0. The molecule has 1 rings (SSSR count). The van der Waals surface area contributed by atoms with E-state index in [1.807, 2.05) is 12.1 Å². The molecule has 1 aromatic rings. The lowest BCUT2D eigenvalue weighted by atomic mass is 10.3. The monoisotopic (exact) mass is 182 g/mol. The maximum Gasteiger partial charge on any atom is 0.0547 e. The summed E-state index contributed by atoms with van der Waals surface area (Å²) >= 11 is 0. The van der Waals surface area contributed by atoms with Crippen molar-refractivity contribution in [3.63, 3.8) is 0 Å². The van der Waals surface area contributed by atoms with Crippen molar-refractivity contribution in [1.82, 2.24) is 0 Å². The summed E-state index contributed by atoms with van der Waals surface area (Å²) in [5, 5.41) is 8.07. The molecule has 1 aromatic carbocycles. The van der Waals surface area contributed by atoms with Gasteiger partial charge >= 0.3 is 0 Å². The van der Waals surface area contributed by atoms with Crippen LogP contribution < -0.4 is 11.5 Å². The summed E-state index contributed by atoms with van der Waals surface area (Å²) in [5.41, 5.74) is 12.1. The number of aliphatic hydroxyl groups excluding tert-OH is 1. The van der Waals surface area contributed by atoms with Crippen molar-refractivity contribution in [2.45, 2.75) is 19.8 Å². The quantitative estimate of drug-likeness (QED) is 0.609. The molecule has 0 spiro atoms. The Balaban J connectivity index is 0.000000252. The van der Waals surface area contributed by atoms with Gasteiger partial charge in [-0.25, -0.2) is 0 Å². The minimum Gasteiger partial charge on any atom is -0.397 e. The number of rotatable bonds is 2. The summed E-state index contributed by atoms with van der Waals surface area (Å²) in [6, 6.07) is 7.25. The third-order valence-electron chi connectivity index (χ3n) is 1.51. The summed E-state index contributed by atoms with van der Waals surface area (Å²) in [6.07, 6.45) is 2.04. The Kier molecular flexibility index (Phi) is 6.73. The first-order valence-electron chi connectivity index (χ1n) is 4.43. The summed E-state index contributed by atoms with van der Waals surface area (Å²) in [7, 11) is 0. The van der Waals surface area contributed by atoms with E-state index in [1.54, 1.807) is 12.1 Å². The molecule has 0 aliphatic heterocycles. The van der Waals surface area contributed by atoms with E-state index in [4.69, 9.17) is 16.6 Å². The van der Waals surface area contributed by atoms with Gasteiger partial charge in [-0.2, -0.15) is 0 Å². The SMILES string of the molecule is CCCCO.Nc1ccccc1N. The molecule has 0 atom stereocenters. The number of nitrogens with two attached hydrogens (primary N) is 2. The highest BCUT2D eigenvalue weighted by molar-refractivity contribution is 5.62. The van der Waals surface area contributed by atoms with Crippen LogP contribution in [-0.2, 0) is 0 Å². The van der Waals surface area contributed by atoms with Crippen LogP contribution in [-0.4, -0.2) is 11.7 Å². The normalized spacial score (nSPS) is 8.77. The fourth-order valence-electron chi connectivity index (χ4n) is 0.669. The van der Waals surface area contributed by atoms with Gasteiger partial charge in [-0.1, -0.05) is 25.5 Å². The summed E-state index contributed by atoms with van der Waals surface area (Å²) in [4.78, 5) is 0. The van der Waals surface area contributed by atoms with Crippen molar-refractivity contribution >= 4 is 11.4 Å². The van der Waals surface area contributed by atoms with Crippen molar-refractivity contribution in [3.05, 3.63) is 24.3 Å². The van der Waals surface area contributed by atoms with E-state index in [0.717, 1.165) is 12.8 Å². The molecule has 0 radical (unpaired) electrons. The fourth-order valence-corrected chi connectivity index (χ4v) is 0.669. The highest BCUT2D eigenvalue weighted by Gasteiger charge is 1.85. The molecule has 0 saturated heterocycles. The van der Waals surface area contributed by atoms with Crippen LogP contribution in [0.3, 0.4) is 0 Å². The zero-order valence-corrected chi connectivity index (χ0v) is 8.03. The minimum atomic E-state index is 0.344. The van der Waals surface area contributed by atoms with Crippen molar-refractivity contribution in [2.75, 3.05) is 18.1 Å². The zero-order valence-electron chi connectivity index (χ0n) is 8.03. The predicted octanol–water partition coefficient (Wildman–Crippen LogP) is 1.63. The van der Waals surface area contributed by atoms with E-state index in [0.29, 0.717) is 18.0 Å². The van der Waals surface area contributed by atoms with Gasteiger partial charge in [-0.15, -0.1) is 0 Å². The van der Waals surface area contributed by atoms with Crippen molar-refractivity contribution < 1.29 is 5.11 Å². The Morgan fingerprint density at radius 1 is 1.15 bits per heavy atom. The smallest absolute Gasteiger partial charge is 0.0547 e. The number of hydrogen-bond donors (Lipinski definition) is 3. The molecule has 5 N–H and O–H groups in total. The first-order chi connectivity index (χ1) is 6.22. The molecule has 0 bridgehead atoms. The summed E-state index contributed by atoms with van der Waals surface area (Å²) < 4.78 is 0. The van der Waals surface area contributed by atoms with Gasteiger partial charge in [-0.3, -0.25) is 0 Å². The number of aliphatic hydroxyl groups is 1. The molecule has 0 aromatic heterocycles. The van der Waals surface area contributed by atoms with Crippen LogP contribution in [0.4, 0.5) is 11.4 Å². The average molecular weight is 182 g/mol. The second-order valence-electron chi connectivity index (χ2n) is 2.71. The van der Waals surface area contributed by atoms with Crippen LogP contribution in [0, 0.1) is 0 Å². The average Bonchev–Trinajstić information content (AvgIpc) is 2.13. The largest absolute Gasteiger partial charge is 0.397 e. The number of benzene rings is 1. The number of anilines is 2. The maximum atomic E-state index is 8.07. The van der Waals surface area contributed by atoms with Gasteiger partial charge < -0.3 is 16.6 Å². The van der Waals surface area contributed by atoms with Crippen LogP contribution in [0.1, 0.15) is 19.8 Å². The molecule has 0 amide bonds. The number of hydrogen-bond acceptors (Lipinski definition) is 3. The Hall–Kier alpha value is -1.22. The molecule has 0 saturated carbocycles. The van der Waals surface area contributed by atoms with E-state index in [-0.39, 0.29) is 0 Å². The molecule has 0 fully saturated rings. The van der Waals surface area contributed by atoms with Crippen LogP contribution in [0.25, 0.3) is 0 Å². The lowest BCUT2D eigenvalue weighted by Crippen LogP contribution is -1.91. The number of unbranched alkanes of at least 4 members (excludes halogenated alkanes) is 1. The molecule has 0 unspecified atom stereocenters. The van der Waals surface area contributed by atoms with Gasteiger partial charge in [0.05, 0.1) is 11.4 Å². The first kappa shape index (κ1) is 11.8. The molecular formula is C10H18N2O. The molecule has 3 heteroatoms. The van der Waals surface area contributed by atoms with Crippen LogP contribution >= 0.6 is 0 Å². The van der Waals surface area contributed by atoms with E-state index in [9.17, 15) is 0 Å². The Morgan fingerprint density at radius 3 is 1.77 bits per heavy atom. The number of para-hydroxylation sites is 2. The summed E-state index contributed by atoms with van der Waals surface area (Å²) in [6.45, 7) is 2.40. The van der Waals surface area contributed by atoms with Crippen LogP contribution in [0.5, 0.6) is 0 Å². The maximum absolute atomic E-state index is 8.07. The highest BCUT2D eigenvalue weighted by Crippen LogP contribution is 2.10. The zero-order chi connectivity index (χ0) is 10.1. The molecular weight excluding hydrogens is 164 g/mol.